The van der Waals surface area contributed by atoms with Crippen LogP contribution in [0, 0.1) is 5.82 Å². The normalized spacial score (nSPS) is 21.5. The van der Waals surface area contributed by atoms with Gasteiger partial charge in [0.2, 0.25) is 0 Å². The second kappa shape index (κ2) is 10.5. The average molecular weight is 540 g/mol. The van der Waals surface area contributed by atoms with E-state index >= 15 is 0 Å². The predicted octanol–water partition coefficient (Wildman–Crippen LogP) is 3.31. The summed E-state index contributed by atoms with van der Waals surface area (Å²) in [5.41, 5.74) is 0.549. The number of carbonyl (C=O) groups excluding carboxylic acids is 1. The molecule has 37 heavy (non-hydrogen) atoms. The van der Waals surface area contributed by atoms with E-state index in [2.05, 4.69) is 15.3 Å². The molecule has 3 heterocycles. The number of aliphatic imine (C=N–C) groups is 1. The van der Waals surface area contributed by atoms with Gasteiger partial charge >= 0.3 is 11.9 Å². The number of alkyl halides is 2. The van der Waals surface area contributed by atoms with Crippen LogP contribution in [-0.4, -0.2) is 69.5 Å². The van der Waals surface area contributed by atoms with Crippen molar-refractivity contribution >= 4 is 29.4 Å². The van der Waals surface area contributed by atoms with E-state index in [0.717, 1.165) is 6.07 Å². The number of esters is 1. The molecule has 1 fully saturated rings. The SMILES string of the molecule is COC(=O)C1=C(CN2CC(F)(F)C[C@H]2CCC(=O)O)NC(c2nccn2C)=N[C@H]1c1ccc(F)cc1Cl. The molecule has 2 aromatic rings. The lowest BCUT2D eigenvalue weighted by Gasteiger charge is -2.31. The van der Waals surface area contributed by atoms with Gasteiger partial charge in [-0.15, -0.1) is 0 Å². The Morgan fingerprint density at radius 1 is 1.35 bits per heavy atom. The van der Waals surface area contributed by atoms with E-state index in [0.29, 0.717) is 11.4 Å². The highest BCUT2D eigenvalue weighted by Gasteiger charge is 2.46. The number of carboxylic acid groups (broad SMARTS) is 1. The van der Waals surface area contributed by atoms with Crippen LogP contribution in [0.15, 0.2) is 46.9 Å². The van der Waals surface area contributed by atoms with Crippen molar-refractivity contribution in [3.63, 3.8) is 0 Å². The third-order valence-corrected chi connectivity index (χ3v) is 6.69. The van der Waals surface area contributed by atoms with Gasteiger partial charge < -0.3 is 19.7 Å². The van der Waals surface area contributed by atoms with Crippen LogP contribution in [0.3, 0.4) is 0 Å². The second-order valence-corrected chi connectivity index (χ2v) is 9.38. The minimum absolute atomic E-state index is 0.0132. The quantitative estimate of drug-likeness (QED) is 0.495. The van der Waals surface area contributed by atoms with Gasteiger partial charge in [-0.25, -0.2) is 22.9 Å². The number of methoxy groups -OCH3 is 1. The molecule has 2 atom stereocenters. The van der Waals surface area contributed by atoms with Gasteiger partial charge in [0.25, 0.3) is 5.92 Å². The van der Waals surface area contributed by atoms with Crippen molar-refractivity contribution in [3.05, 3.63) is 64.1 Å². The standard InChI is InChI=1S/C24H25ClF3N5O4/c1-32-8-7-29-22(32)21-30-17(11-33-12-24(27,28)10-14(33)4-6-18(34)35)19(23(36)37-2)20(31-21)15-5-3-13(26)9-16(15)25/h3,5,7-9,14,20H,4,6,10-12H2,1-2H3,(H,30,31)(H,34,35)/t14-,20+/m1/s1. The molecule has 2 aliphatic heterocycles. The Morgan fingerprint density at radius 3 is 2.73 bits per heavy atom. The second-order valence-electron chi connectivity index (χ2n) is 8.97. The molecule has 4 rings (SSSR count). The maximum atomic E-state index is 14.4. The number of aliphatic carboxylic acids is 1. The molecule has 0 aliphatic carbocycles. The number of aryl methyl sites for hydroxylation is 1. The predicted molar refractivity (Wildman–Crippen MR) is 128 cm³/mol. The van der Waals surface area contributed by atoms with Crippen molar-refractivity contribution in [1.82, 2.24) is 19.8 Å². The van der Waals surface area contributed by atoms with Gasteiger partial charge in [-0.1, -0.05) is 17.7 Å². The van der Waals surface area contributed by atoms with Crippen molar-refractivity contribution in [3.8, 4) is 0 Å². The van der Waals surface area contributed by atoms with E-state index in [-0.39, 0.29) is 41.5 Å². The fraction of sp³-hybridized carbons (Fsp3) is 0.417. The first-order valence-corrected chi connectivity index (χ1v) is 11.8. The lowest BCUT2D eigenvalue weighted by Crippen LogP contribution is -2.42. The molecular formula is C24H25ClF3N5O4. The first-order chi connectivity index (χ1) is 17.5. The van der Waals surface area contributed by atoms with Crippen LogP contribution in [0.5, 0.6) is 0 Å². The van der Waals surface area contributed by atoms with Crippen molar-refractivity contribution in [2.45, 2.75) is 37.3 Å². The van der Waals surface area contributed by atoms with E-state index in [4.69, 9.17) is 21.4 Å². The summed E-state index contributed by atoms with van der Waals surface area (Å²) in [5.74, 6) is -4.83. The number of carbonyl (C=O) groups is 2. The molecule has 198 valence electrons. The molecule has 1 aromatic carbocycles. The lowest BCUT2D eigenvalue weighted by molar-refractivity contribution is -0.137. The Balaban J connectivity index is 1.81. The average Bonchev–Trinajstić information content (AvgIpc) is 3.38. The molecule has 0 spiro atoms. The molecule has 0 unspecified atom stereocenters. The number of ether oxygens (including phenoxy) is 1. The van der Waals surface area contributed by atoms with Crippen LogP contribution in [0.1, 0.15) is 36.7 Å². The third-order valence-electron chi connectivity index (χ3n) is 6.36. The Bertz CT molecular complexity index is 1280. The van der Waals surface area contributed by atoms with E-state index < -0.39 is 48.7 Å². The van der Waals surface area contributed by atoms with E-state index in [1.807, 2.05) is 0 Å². The smallest absolute Gasteiger partial charge is 0.338 e. The highest BCUT2D eigenvalue weighted by Crippen LogP contribution is 2.39. The first-order valence-electron chi connectivity index (χ1n) is 11.4. The molecule has 0 saturated carbocycles. The van der Waals surface area contributed by atoms with Crippen molar-refractivity contribution in [2.75, 3.05) is 20.2 Å². The van der Waals surface area contributed by atoms with Crippen LogP contribution in [-0.2, 0) is 21.4 Å². The number of benzene rings is 1. The zero-order chi connectivity index (χ0) is 26.9. The minimum Gasteiger partial charge on any atom is -0.481 e. The zero-order valence-electron chi connectivity index (χ0n) is 20.0. The number of nitrogens with one attached hydrogen (secondary N) is 1. The number of nitrogens with zero attached hydrogens (tertiary/aromatic N) is 4. The van der Waals surface area contributed by atoms with Gasteiger partial charge in [0.15, 0.2) is 11.7 Å². The molecule has 2 aliphatic rings. The Hall–Kier alpha value is -3.38. The van der Waals surface area contributed by atoms with Gasteiger partial charge in [0, 0.05) is 61.2 Å². The summed E-state index contributed by atoms with van der Waals surface area (Å²) in [6.07, 6.45) is 2.46. The third kappa shape index (κ3) is 5.80. The summed E-state index contributed by atoms with van der Waals surface area (Å²) in [4.78, 5) is 34.5. The van der Waals surface area contributed by atoms with Gasteiger partial charge in [-0.05, 0) is 18.6 Å². The number of hydrogen-bond donors (Lipinski definition) is 2. The summed E-state index contributed by atoms with van der Waals surface area (Å²) >= 11 is 6.34. The maximum absolute atomic E-state index is 14.4. The summed E-state index contributed by atoms with van der Waals surface area (Å²) in [5, 5.41) is 12.2. The number of imidazole rings is 1. The first kappa shape index (κ1) is 26.7. The summed E-state index contributed by atoms with van der Waals surface area (Å²) in [7, 11) is 2.91. The number of amidine groups is 1. The number of halogens is 4. The number of hydrogen-bond acceptors (Lipinski definition) is 7. The fourth-order valence-corrected chi connectivity index (χ4v) is 4.92. The van der Waals surface area contributed by atoms with Crippen molar-refractivity contribution in [1.29, 1.82) is 0 Å². The molecule has 0 bridgehead atoms. The molecule has 13 heteroatoms. The van der Waals surface area contributed by atoms with Crippen LogP contribution in [0.25, 0.3) is 0 Å². The molecule has 1 aromatic heterocycles. The molecular weight excluding hydrogens is 515 g/mol. The van der Waals surface area contributed by atoms with Crippen LogP contribution < -0.4 is 5.32 Å². The van der Waals surface area contributed by atoms with Crippen molar-refractivity contribution in [2.24, 2.45) is 12.0 Å². The minimum atomic E-state index is -3.03. The molecule has 0 radical (unpaired) electrons. The molecule has 2 N–H and O–H groups in total. The fourth-order valence-electron chi connectivity index (χ4n) is 4.65. The van der Waals surface area contributed by atoms with Crippen LogP contribution in [0.4, 0.5) is 13.2 Å². The largest absolute Gasteiger partial charge is 0.481 e. The Morgan fingerprint density at radius 2 is 2.11 bits per heavy atom. The number of likely N-dealkylation sites (tertiary alicyclic amines) is 1. The summed E-state index contributed by atoms with van der Waals surface area (Å²) in [6.45, 7) is -0.767. The van der Waals surface area contributed by atoms with Crippen LogP contribution >= 0.6 is 11.6 Å². The summed E-state index contributed by atoms with van der Waals surface area (Å²) < 4.78 is 49.3. The number of carboxylic acids is 1. The van der Waals surface area contributed by atoms with Gasteiger partial charge in [0.1, 0.15) is 11.9 Å². The van der Waals surface area contributed by atoms with Gasteiger partial charge in [-0.2, -0.15) is 0 Å². The highest BCUT2D eigenvalue weighted by atomic mass is 35.5. The van der Waals surface area contributed by atoms with E-state index in [9.17, 15) is 22.8 Å². The van der Waals surface area contributed by atoms with E-state index in [1.165, 1.54) is 24.1 Å². The molecule has 0 amide bonds. The summed E-state index contributed by atoms with van der Waals surface area (Å²) in [6, 6.07) is 1.88. The lowest BCUT2D eigenvalue weighted by atomic mass is 9.95. The monoisotopic (exact) mass is 539 g/mol. The zero-order valence-corrected chi connectivity index (χ0v) is 20.8. The molecule has 1 saturated heterocycles. The van der Waals surface area contributed by atoms with Gasteiger partial charge in [0.05, 0.1) is 19.2 Å². The highest BCUT2D eigenvalue weighted by molar-refractivity contribution is 6.31. The maximum Gasteiger partial charge on any atom is 0.338 e. The topological polar surface area (TPSA) is 109 Å². The Kier molecular flexibility index (Phi) is 7.60. The Labute approximate surface area is 215 Å². The van der Waals surface area contributed by atoms with Crippen molar-refractivity contribution < 1.29 is 32.6 Å². The van der Waals surface area contributed by atoms with Gasteiger partial charge in [-0.3, -0.25) is 14.7 Å². The molecule has 9 nitrogen and oxygen atoms in total. The number of rotatable bonds is 8. The number of aromatic nitrogens is 2. The van der Waals surface area contributed by atoms with E-state index in [1.54, 1.807) is 24.0 Å². The van der Waals surface area contributed by atoms with Crippen LogP contribution in [0.2, 0.25) is 5.02 Å².